The van der Waals surface area contributed by atoms with Gasteiger partial charge in [0.1, 0.15) is 0 Å². The predicted molar refractivity (Wildman–Crippen MR) is 49.7 cm³/mol. The van der Waals surface area contributed by atoms with Gasteiger partial charge in [-0.2, -0.15) is 0 Å². The van der Waals surface area contributed by atoms with Crippen LogP contribution in [0, 0.1) is 0 Å². The third-order valence-corrected chi connectivity index (χ3v) is 2.33. The zero-order chi connectivity index (χ0) is 8.74. The molecule has 0 unspecified atom stereocenters. The normalized spacial score (nSPS) is 16.4. The summed E-state index contributed by atoms with van der Waals surface area (Å²) in [5.41, 5.74) is -0.409. The summed E-state index contributed by atoms with van der Waals surface area (Å²) in [6, 6.07) is 0. The summed E-state index contributed by atoms with van der Waals surface area (Å²) < 4.78 is 0. The molecule has 0 fully saturated rings. The number of hydrogen-bond donors (Lipinski definition) is 1. The second kappa shape index (κ2) is 5.59. The summed E-state index contributed by atoms with van der Waals surface area (Å²) in [7, 11) is 0. The Labute approximate surface area is 70.8 Å². The van der Waals surface area contributed by atoms with Gasteiger partial charge in [-0.1, -0.05) is 39.5 Å². The molecule has 11 heavy (non-hydrogen) atoms. The SMILES string of the molecule is CCCCCC[C@](C)(O)CC. The first-order valence-corrected chi connectivity index (χ1v) is 4.84. The van der Waals surface area contributed by atoms with E-state index < -0.39 is 5.60 Å². The van der Waals surface area contributed by atoms with Gasteiger partial charge in [0.25, 0.3) is 0 Å². The van der Waals surface area contributed by atoms with Crippen molar-refractivity contribution in [1.29, 1.82) is 0 Å². The fourth-order valence-electron chi connectivity index (χ4n) is 1.11. The maximum Gasteiger partial charge on any atom is 0.0617 e. The van der Waals surface area contributed by atoms with Crippen molar-refractivity contribution in [3.63, 3.8) is 0 Å². The van der Waals surface area contributed by atoms with Gasteiger partial charge in [0, 0.05) is 0 Å². The van der Waals surface area contributed by atoms with Gasteiger partial charge >= 0.3 is 0 Å². The van der Waals surface area contributed by atoms with Gasteiger partial charge in [0.2, 0.25) is 0 Å². The maximum absolute atomic E-state index is 9.62. The molecule has 0 aliphatic carbocycles. The molecule has 0 bridgehead atoms. The van der Waals surface area contributed by atoms with Gasteiger partial charge in [-0.05, 0) is 19.8 Å². The highest BCUT2D eigenvalue weighted by Gasteiger charge is 2.15. The lowest BCUT2D eigenvalue weighted by atomic mass is 9.95. The predicted octanol–water partition coefficient (Wildman–Crippen LogP) is 3.12. The molecule has 0 radical (unpaired) electrons. The Balaban J connectivity index is 3.23. The molecule has 1 atom stereocenters. The zero-order valence-electron chi connectivity index (χ0n) is 8.19. The van der Waals surface area contributed by atoms with E-state index in [1.54, 1.807) is 0 Å². The highest BCUT2D eigenvalue weighted by Crippen LogP contribution is 2.17. The van der Waals surface area contributed by atoms with Crippen molar-refractivity contribution < 1.29 is 5.11 Å². The molecule has 0 aromatic carbocycles. The maximum atomic E-state index is 9.62. The van der Waals surface area contributed by atoms with Crippen LogP contribution in [0.4, 0.5) is 0 Å². The molecular formula is C10H22O. The van der Waals surface area contributed by atoms with Crippen LogP contribution < -0.4 is 0 Å². The van der Waals surface area contributed by atoms with Gasteiger partial charge in [-0.25, -0.2) is 0 Å². The molecule has 0 heterocycles. The summed E-state index contributed by atoms with van der Waals surface area (Å²) in [4.78, 5) is 0. The number of hydrogen-bond acceptors (Lipinski definition) is 1. The molecule has 0 amide bonds. The van der Waals surface area contributed by atoms with Crippen molar-refractivity contribution in [2.75, 3.05) is 0 Å². The van der Waals surface area contributed by atoms with Gasteiger partial charge in [0.15, 0.2) is 0 Å². The molecule has 0 aromatic heterocycles. The minimum atomic E-state index is -0.409. The second-order valence-corrected chi connectivity index (χ2v) is 3.66. The first kappa shape index (κ1) is 11.0. The Morgan fingerprint density at radius 1 is 1.09 bits per heavy atom. The molecule has 0 spiro atoms. The average Bonchev–Trinajstić information content (AvgIpc) is 1.99. The summed E-state index contributed by atoms with van der Waals surface area (Å²) >= 11 is 0. The quantitative estimate of drug-likeness (QED) is 0.589. The lowest BCUT2D eigenvalue weighted by molar-refractivity contribution is 0.0442. The molecule has 0 rings (SSSR count). The average molecular weight is 158 g/mol. The summed E-state index contributed by atoms with van der Waals surface area (Å²) in [5.74, 6) is 0. The largest absolute Gasteiger partial charge is 0.390 e. The van der Waals surface area contributed by atoms with Crippen LogP contribution in [0.3, 0.4) is 0 Å². The number of rotatable bonds is 6. The third-order valence-electron chi connectivity index (χ3n) is 2.33. The summed E-state index contributed by atoms with van der Waals surface area (Å²) in [5, 5.41) is 9.62. The van der Waals surface area contributed by atoms with Crippen LogP contribution >= 0.6 is 0 Å². The molecule has 0 saturated heterocycles. The van der Waals surface area contributed by atoms with Crippen molar-refractivity contribution in [3.05, 3.63) is 0 Å². The zero-order valence-corrected chi connectivity index (χ0v) is 8.19. The molecule has 0 aliphatic heterocycles. The first-order valence-electron chi connectivity index (χ1n) is 4.84. The van der Waals surface area contributed by atoms with E-state index in [0.717, 1.165) is 12.8 Å². The minimum absolute atomic E-state index is 0.409. The van der Waals surface area contributed by atoms with Crippen molar-refractivity contribution in [1.82, 2.24) is 0 Å². The van der Waals surface area contributed by atoms with E-state index in [1.807, 2.05) is 13.8 Å². The molecule has 1 N–H and O–H groups in total. The van der Waals surface area contributed by atoms with Crippen LogP contribution in [0.2, 0.25) is 0 Å². The highest BCUT2D eigenvalue weighted by atomic mass is 16.3. The fraction of sp³-hybridized carbons (Fsp3) is 1.00. The Morgan fingerprint density at radius 3 is 2.18 bits per heavy atom. The van der Waals surface area contributed by atoms with E-state index in [1.165, 1.54) is 25.7 Å². The molecule has 0 aromatic rings. The van der Waals surface area contributed by atoms with E-state index in [2.05, 4.69) is 6.92 Å². The van der Waals surface area contributed by atoms with Crippen LogP contribution in [-0.4, -0.2) is 10.7 Å². The van der Waals surface area contributed by atoms with Crippen molar-refractivity contribution in [2.24, 2.45) is 0 Å². The van der Waals surface area contributed by atoms with Gasteiger partial charge in [-0.15, -0.1) is 0 Å². The molecule has 1 nitrogen and oxygen atoms in total. The number of aliphatic hydroxyl groups is 1. The van der Waals surface area contributed by atoms with E-state index >= 15 is 0 Å². The van der Waals surface area contributed by atoms with E-state index in [0.29, 0.717) is 0 Å². The fourth-order valence-corrected chi connectivity index (χ4v) is 1.11. The van der Waals surface area contributed by atoms with Crippen LogP contribution in [0.25, 0.3) is 0 Å². The molecule has 0 saturated carbocycles. The van der Waals surface area contributed by atoms with Crippen LogP contribution in [0.1, 0.15) is 59.3 Å². The molecule has 0 aliphatic rings. The molecular weight excluding hydrogens is 136 g/mol. The van der Waals surface area contributed by atoms with E-state index in [-0.39, 0.29) is 0 Å². The first-order chi connectivity index (χ1) is 5.12. The summed E-state index contributed by atoms with van der Waals surface area (Å²) in [6.07, 6.45) is 6.86. The topological polar surface area (TPSA) is 20.2 Å². The standard InChI is InChI=1S/C10H22O/c1-4-6-7-8-9-10(3,11)5-2/h11H,4-9H2,1-3H3/t10-/m1/s1. The van der Waals surface area contributed by atoms with Gasteiger partial charge in [0.05, 0.1) is 5.60 Å². The van der Waals surface area contributed by atoms with Crippen molar-refractivity contribution in [3.8, 4) is 0 Å². The third kappa shape index (κ3) is 6.36. The van der Waals surface area contributed by atoms with E-state index in [9.17, 15) is 5.11 Å². The Morgan fingerprint density at radius 2 is 1.73 bits per heavy atom. The van der Waals surface area contributed by atoms with Crippen molar-refractivity contribution in [2.45, 2.75) is 64.9 Å². The Kier molecular flexibility index (Phi) is 5.57. The monoisotopic (exact) mass is 158 g/mol. The van der Waals surface area contributed by atoms with Gasteiger partial charge < -0.3 is 5.11 Å². The Bertz CT molecular complexity index is 86.9. The lowest BCUT2D eigenvalue weighted by Gasteiger charge is -2.20. The molecule has 68 valence electrons. The second-order valence-electron chi connectivity index (χ2n) is 3.66. The summed E-state index contributed by atoms with van der Waals surface area (Å²) in [6.45, 7) is 6.18. The van der Waals surface area contributed by atoms with Crippen LogP contribution in [0.15, 0.2) is 0 Å². The lowest BCUT2D eigenvalue weighted by Crippen LogP contribution is -2.22. The van der Waals surface area contributed by atoms with Gasteiger partial charge in [-0.3, -0.25) is 0 Å². The van der Waals surface area contributed by atoms with E-state index in [4.69, 9.17) is 0 Å². The van der Waals surface area contributed by atoms with Crippen LogP contribution in [0.5, 0.6) is 0 Å². The smallest absolute Gasteiger partial charge is 0.0617 e. The molecule has 1 heteroatoms. The van der Waals surface area contributed by atoms with Crippen LogP contribution in [-0.2, 0) is 0 Å². The highest BCUT2D eigenvalue weighted by molar-refractivity contribution is 4.69. The van der Waals surface area contributed by atoms with Crippen molar-refractivity contribution >= 4 is 0 Å². The minimum Gasteiger partial charge on any atom is -0.390 e. The Hall–Kier alpha value is -0.0400. The number of unbranched alkanes of at least 4 members (excludes halogenated alkanes) is 3.